The molecule has 1 nitrogen and oxygen atoms in total. The molecular weight excluding hydrogens is 670 g/mol. The van der Waals surface area contributed by atoms with Crippen LogP contribution in [0.3, 0.4) is 0 Å². The Morgan fingerprint density at radius 3 is 1.58 bits per heavy atom. The van der Waals surface area contributed by atoms with Crippen molar-refractivity contribution in [1.29, 1.82) is 0 Å². The SMILES string of the molecule is CCCCCC1CCC(C2CCC(C3CCC(C(F)(F)Oc4ccc(-c5cc(F)c(S(F)(F)(F)(F)F)c(F)c5)c(F)c4)CC3)CC2)CC1. The topological polar surface area (TPSA) is 9.23 Å². The van der Waals surface area contributed by atoms with E-state index in [1.165, 1.54) is 64.2 Å². The molecule has 3 aliphatic carbocycles. The summed E-state index contributed by atoms with van der Waals surface area (Å²) in [5.74, 6) is -4.82. The lowest BCUT2D eigenvalue weighted by Crippen LogP contribution is -2.38. The molecule has 12 heteroatoms. The molecule has 272 valence electrons. The molecule has 0 saturated heterocycles. The van der Waals surface area contributed by atoms with E-state index in [-0.39, 0.29) is 25.0 Å². The van der Waals surface area contributed by atoms with E-state index in [2.05, 4.69) is 6.92 Å². The molecule has 0 bridgehead atoms. The van der Waals surface area contributed by atoms with Crippen molar-refractivity contribution in [2.75, 3.05) is 0 Å². The number of ether oxygens (including phenoxy) is 1. The Bertz CT molecular complexity index is 1380. The molecule has 0 unspecified atom stereocenters. The quantitative estimate of drug-likeness (QED) is 0.166. The normalized spacial score (nSPS) is 28.8. The molecule has 3 fully saturated rings. The molecule has 2 aromatic carbocycles. The second kappa shape index (κ2) is 13.5. The smallest absolute Gasteiger partial charge is 0.400 e. The van der Waals surface area contributed by atoms with Crippen molar-refractivity contribution in [1.82, 2.24) is 0 Å². The number of unbranched alkanes of at least 4 members (excludes halogenated alkanes) is 2. The number of benzene rings is 2. The van der Waals surface area contributed by atoms with Gasteiger partial charge in [0.25, 0.3) is 0 Å². The van der Waals surface area contributed by atoms with E-state index in [1.54, 1.807) is 0 Å². The molecule has 48 heavy (non-hydrogen) atoms. The van der Waals surface area contributed by atoms with E-state index >= 15 is 8.78 Å². The minimum atomic E-state index is -10.7. The lowest BCUT2D eigenvalue weighted by molar-refractivity contribution is -0.224. The Hall–Kier alpha value is -2.11. The fourth-order valence-electron chi connectivity index (χ4n) is 8.76. The predicted octanol–water partition coefficient (Wildman–Crippen LogP) is 14.4. The van der Waals surface area contributed by atoms with Gasteiger partial charge in [0.1, 0.15) is 23.2 Å². The first-order valence-electron chi connectivity index (χ1n) is 17.4. The average molecular weight is 717 g/mol. The maximum absolute atomic E-state index is 15.2. The van der Waals surface area contributed by atoms with Crippen LogP contribution in [-0.2, 0) is 0 Å². The Labute approximate surface area is 276 Å². The van der Waals surface area contributed by atoms with Gasteiger partial charge < -0.3 is 4.74 Å². The fourth-order valence-corrected chi connectivity index (χ4v) is 9.62. The molecule has 3 aliphatic rings. The van der Waals surface area contributed by atoms with Crippen molar-refractivity contribution in [2.24, 2.45) is 35.5 Å². The molecule has 3 saturated carbocycles. The van der Waals surface area contributed by atoms with Crippen LogP contribution < -0.4 is 4.74 Å². The van der Waals surface area contributed by atoms with Gasteiger partial charge in [0.2, 0.25) is 0 Å². The van der Waals surface area contributed by atoms with E-state index in [9.17, 15) is 32.6 Å². The van der Waals surface area contributed by atoms with Crippen molar-refractivity contribution in [2.45, 2.75) is 121 Å². The van der Waals surface area contributed by atoms with Crippen LogP contribution in [0.1, 0.15) is 110 Å². The van der Waals surface area contributed by atoms with Crippen molar-refractivity contribution in [3.05, 3.63) is 47.8 Å². The average Bonchev–Trinajstić information content (AvgIpc) is 3.00. The summed E-state index contributed by atoms with van der Waals surface area (Å²) in [6.07, 6.45) is 13.6. The van der Waals surface area contributed by atoms with Gasteiger partial charge in [0.15, 0.2) is 4.90 Å². The van der Waals surface area contributed by atoms with Crippen molar-refractivity contribution in [3.8, 4) is 16.9 Å². The van der Waals surface area contributed by atoms with Crippen LogP contribution in [0.25, 0.3) is 11.1 Å². The Morgan fingerprint density at radius 2 is 1.12 bits per heavy atom. The van der Waals surface area contributed by atoms with Crippen molar-refractivity contribution in [3.63, 3.8) is 0 Å². The van der Waals surface area contributed by atoms with Gasteiger partial charge in [-0.1, -0.05) is 64.9 Å². The zero-order chi connectivity index (χ0) is 35.0. The van der Waals surface area contributed by atoms with Gasteiger partial charge in [0, 0.05) is 11.6 Å². The van der Waals surface area contributed by atoms with E-state index in [4.69, 9.17) is 4.74 Å². The summed E-state index contributed by atoms with van der Waals surface area (Å²) >= 11 is 0. The van der Waals surface area contributed by atoms with E-state index in [0.717, 1.165) is 42.7 Å². The van der Waals surface area contributed by atoms with Gasteiger partial charge in [0.05, 0.1) is 5.92 Å². The molecule has 0 spiro atoms. The lowest BCUT2D eigenvalue weighted by atomic mass is 9.65. The highest BCUT2D eigenvalue weighted by Gasteiger charge is 2.69. The summed E-state index contributed by atoms with van der Waals surface area (Å²) in [5.41, 5.74) is -1.49. The minimum Gasteiger partial charge on any atom is -0.432 e. The molecule has 5 rings (SSSR count). The first-order valence-corrected chi connectivity index (χ1v) is 19.4. The zero-order valence-electron chi connectivity index (χ0n) is 27.3. The van der Waals surface area contributed by atoms with Gasteiger partial charge in [-0.3, -0.25) is 0 Å². The number of rotatable bonds is 11. The van der Waals surface area contributed by atoms with Crippen LogP contribution in [0.15, 0.2) is 35.2 Å². The summed E-state index contributed by atoms with van der Waals surface area (Å²) in [6.45, 7) is 2.24. The third-order valence-electron chi connectivity index (χ3n) is 11.4. The van der Waals surface area contributed by atoms with E-state index < -0.39 is 61.5 Å². The first-order chi connectivity index (χ1) is 22.3. The molecule has 0 heterocycles. The third kappa shape index (κ3) is 8.97. The van der Waals surface area contributed by atoms with Gasteiger partial charge in [-0.25, -0.2) is 13.2 Å². The van der Waals surface area contributed by atoms with Crippen LogP contribution >= 0.6 is 10.2 Å². The number of hydrogen-bond donors (Lipinski definition) is 0. The Balaban J connectivity index is 1.11. The molecular formula is C36H46F10OS. The maximum atomic E-state index is 15.2. The third-order valence-corrected chi connectivity index (χ3v) is 12.6. The number of halogens is 10. The summed E-state index contributed by atoms with van der Waals surface area (Å²) in [7, 11) is -10.7. The highest BCUT2D eigenvalue weighted by molar-refractivity contribution is 8.45. The maximum Gasteiger partial charge on any atom is 0.400 e. The largest absolute Gasteiger partial charge is 0.432 e. The van der Waals surface area contributed by atoms with Gasteiger partial charge in [-0.05, 0) is 124 Å². The predicted molar refractivity (Wildman–Crippen MR) is 169 cm³/mol. The highest BCUT2D eigenvalue weighted by atomic mass is 32.5. The minimum absolute atomic E-state index is 0.0742. The molecule has 0 atom stereocenters. The second-order valence-electron chi connectivity index (χ2n) is 14.6. The Morgan fingerprint density at radius 1 is 0.646 bits per heavy atom. The van der Waals surface area contributed by atoms with Crippen LogP contribution in [0.4, 0.5) is 41.4 Å². The fraction of sp³-hybridized carbons (Fsp3) is 0.667. The standard InChI is InChI=1S/C36H46F10OS/c1-2-3-4-5-23-6-8-24(9-7-23)25-10-12-26(13-11-25)27-14-16-29(17-15-27)36(40,41)47-30-18-19-31(32(37)22-30)28-20-33(38)35(34(39)21-28)48(42,43,44,45)46/h18-27,29H,2-17H2,1H3. The van der Waals surface area contributed by atoms with Crippen molar-refractivity contribution >= 4 is 10.2 Å². The molecule has 0 radical (unpaired) electrons. The molecule has 0 N–H and O–H groups in total. The van der Waals surface area contributed by atoms with E-state index in [1.807, 2.05) is 0 Å². The number of hydrogen-bond acceptors (Lipinski definition) is 1. The van der Waals surface area contributed by atoms with Gasteiger partial charge in [-0.2, -0.15) is 8.78 Å². The van der Waals surface area contributed by atoms with Crippen LogP contribution in [-0.4, -0.2) is 6.11 Å². The summed E-state index contributed by atoms with van der Waals surface area (Å²) in [4.78, 5) is -3.33. The molecule has 0 amide bonds. The zero-order valence-corrected chi connectivity index (χ0v) is 28.1. The van der Waals surface area contributed by atoms with Crippen molar-refractivity contribution < 1.29 is 46.1 Å². The summed E-state index contributed by atoms with van der Waals surface area (Å²) in [6, 6.07) is 2.06. The van der Waals surface area contributed by atoms with Crippen LogP contribution in [0, 0.1) is 53.0 Å². The summed E-state index contributed by atoms with van der Waals surface area (Å²) < 4.78 is 143. The van der Waals surface area contributed by atoms with Gasteiger partial charge in [-0.15, -0.1) is 0 Å². The van der Waals surface area contributed by atoms with Crippen LogP contribution in [0.2, 0.25) is 0 Å². The van der Waals surface area contributed by atoms with E-state index in [0.29, 0.717) is 30.7 Å². The van der Waals surface area contributed by atoms with Crippen LogP contribution in [0.5, 0.6) is 5.75 Å². The highest BCUT2D eigenvalue weighted by Crippen LogP contribution is 3.02. The van der Waals surface area contributed by atoms with Gasteiger partial charge >= 0.3 is 16.3 Å². The number of alkyl halides is 2. The second-order valence-corrected chi connectivity index (χ2v) is 17.0. The monoisotopic (exact) mass is 716 g/mol. The summed E-state index contributed by atoms with van der Waals surface area (Å²) in [5, 5.41) is 0. The molecule has 0 aliphatic heterocycles. The molecule has 0 aromatic heterocycles. The Kier molecular flexibility index (Phi) is 10.5. The lowest BCUT2D eigenvalue weighted by Gasteiger charge is -2.42. The molecule has 2 aromatic rings. The first kappa shape index (κ1) is 37.2.